The van der Waals surface area contributed by atoms with Gasteiger partial charge in [-0.15, -0.1) is 0 Å². The van der Waals surface area contributed by atoms with Gasteiger partial charge in [0.15, 0.2) is 5.69 Å². The third-order valence-corrected chi connectivity index (χ3v) is 4.18. The van der Waals surface area contributed by atoms with Gasteiger partial charge in [0.25, 0.3) is 11.6 Å². The summed E-state index contributed by atoms with van der Waals surface area (Å²) in [7, 11) is 0. The predicted octanol–water partition coefficient (Wildman–Crippen LogP) is 3.37. The third-order valence-electron chi connectivity index (χ3n) is 3.60. The molecule has 0 saturated carbocycles. The lowest BCUT2D eigenvalue weighted by Crippen LogP contribution is -2.19. The van der Waals surface area contributed by atoms with E-state index in [-0.39, 0.29) is 11.4 Å². The van der Waals surface area contributed by atoms with Crippen LogP contribution in [0.2, 0.25) is 0 Å². The molecule has 0 aliphatic carbocycles. The highest BCUT2D eigenvalue weighted by atomic mass is 79.9. The molecule has 0 aliphatic rings. The fourth-order valence-corrected chi connectivity index (χ4v) is 2.80. The van der Waals surface area contributed by atoms with Crippen molar-refractivity contribution in [1.82, 2.24) is 15.2 Å². The molecule has 2 aromatic carbocycles. The highest BCUT2D eigenvalue weighted by Crippen LogP contribution is 2.17. The van der Waals surface area contributed by atoms with Crippen molar-refractivity contribution in [2.24, 2.45) is 5.10 Å². The molecular formula is C18H14BrN5O3. The van der Waals surface area contributed by atoms with E-state index in [2.05, 4.69) is 31.6 Å². The Labute approximate surface area is 162 Å². The molecule has 1 amide bonds. The summed E-state index contributed by atoms with van der Waals surface area (Å²) in [6.07, 6.45) is 3.21. The third kappa shape index (κ3) is 4.85. The van der Waals surface area contributed by atoms with Crippen LogP contribution in [-0.2, 0) is 6.54 Å². The number of hydrogen-bond acceptors (Lipinski definition) is 5. The van der Waals surface area contributed by atoms with Crippen LogP contribution in [0.25, 0.3) is 0 Å². The average molecular weight is 428 g/mol. The second-order valence-corrected chi connectivity index (χ2v) is 6.41. The Balaban J connectivity index is 1.65. The molecule has 8 nitrogen and oxygen atoms in total. The average Bonchev–Trinajstić information content (AvgIpc) is 3.03. The van der Waals surface area contributed by atoms with Crippen LogP contribution in [0.4, 0.5) is 5.69 Å². The zero-order chi connectivity index (χ0) is 19.2. The molecule has 0 radical (unpaired) electrons. The molecule has 0 unspecified atom stereocenters. The number of halogens is 1. The zero-order valence-corrected chi connectivity index (χ0v) is 15.5. The summed E-state index contributed by atoms with van der Waals surface area (Å²) in [5.74, 6) is -0.448. The Kier molecular flexibility index (Phi) is 5.72. The van der Waals surface area contributed by atoms with Gasteiger partial charge in [-0.25, -0.2) is 5.43 Å². The summed E-state index contributed by atoms with van der Waals surface area (Å²) in [6, 6.07) is 15.5. The maximum atomic E-state index is 12.2. The molecule has 1 heterocycles. The van der Waals surface area contributed by atoms with Crippen LogP contribution >= 0.6 is 15.9 Å². The van der Waals surface area contributed by atoms with Gasteiger partial charge in [-0.2, -0.15) is 10.2 Å². The summed E-state index contributed by atoms with van der Waals surface area (Å²) >= 11 is 3.31. The number of nitro groups is 1. The summed E-state index contributed by atoms with van der Waals surface area (Å²) < 4.78 is 2.10. The number of amides is 1. The molecule has 0 saturated heterocycles. The Hall–Kier alpha value is -3.33. The first-order valence-electron chi connectivity index (χ1n) is 7.87. The minimum absolute atomic E-state index is 0.0248. The number of carbonyl (C=O) groups excluding carboxylic acids is 1. The zero-order valence-electron chi connectivity index (χ0n) is 13.9. The van der Waals surface area contributed by atoms with Gasteiger partial charge >= 0.3 is 0 Å². The van der Waals surface area contributed by atoms with Crippen molar-refractivity contribution < 1.29 is 9.72 Å². The van der Waals surface area contributed by atoms with Crippen molar-refractivity contribution in [3.05, 3.63) is 92.2 Å². The van der Waals surface area contributed by atoms with Crippen LogP contribution in [0.5, 0.6) is 0 Å². The maximum Gasteiger partial charge on any atom is 0.293 e. The summed E-state index contributed by atoms with van der Waals surface area (Å²) in [5.41, 5.74) is 4.34. The van der Waals surface area contributed by atoms with Crippen molar-refractivity contribution in [2.75, 3.05) is 0 Å². The van der Waals surface area contributed by atoms with Crippen molar-refractivity contribution in [3.8, 4) is 0 Å². The largest absolute Gasteiger partial charge is 0.293 e. The highest BCUT2D eigenvalue weighted by molar-refractivity contribution is 9.10. The fourth-order valence-electron chi connectivity index (χ4n) is 2.30. The second-order valence-electron chi connectivity index (χ2n) is 5.56. The molecule has 0 fully saturated rings. The second kappa shape index (κ2) is 8.37. The van der Waals surface area contributed by atoms with E-state index in [0.29, 0.717) is 11.0 Å². The minimum Gasteiger partial charge on any atom is -0.266 e. The van der Waals surface area contributed by atoms with E-state index in [0.717, 1.165) is 11.1 Å². The smallest absolute Gasteiger partial charge is 0.266 e. The number of hydrogen-bond donors (Lipinski definition) is 1. The minimum atomic E-state index is -0.452. The number of rotatable bonds is 6. The number of nitrogens with zero attached hydrogens (tertiary/aromatic N) is 4. The monoisotopic (exact) mass is 427 g/mol. The van der Waals surface area contributed by atoms with Gasteiger partial charge < -0.3 is 0 Å². The van der Waals surface area contributed by atoms with Crippen LogP contribution in [0.3, 0.4) is 0 Å². The summed E-state index contributed by atoms with van der Waals surface area (Å²) in [4.78, 5) is 22.5. The number of carbonyl (C=O) groups is 1. The molecule has 0 aliphatic heterocycles. The lowest BCUT2D eigenvalue weighted by atomic mass is 10.2. The first kappa shape index (κ1) is 18.5. The normalized spacial score (nSPS) is 10.9. The van der Waals surface area contributed by atoms with Gasteiger partial charge in [-0.3, -0.25) is 19.6 Å². The van der Waals surface area contributed by atoms with Crippen LogP contribution in [0.1, 0.15) is 21.6 Å². The van der Waals surface area contributed by atoms with Crippen LogP contribution in [0.15, 0.2) is 70.4 Å². The van der Waals surface area contributed by atoms with Gasteiger partial charge in [0.2, 0.25) is 0 Å². The number of non-ortho nitro benzene ring substituents is 1. The standard InChI is InChI=1S/C18H14BrN5O3/c19-16-12-23(11-14-6-8-15(9-7-14)24(26)27)22-17(16)18(25)21-20-10-13-4-2-1-3-5-13/h1-10,12H,11H2,(H,21,25)/b20-10-. The van der Waals surface area contributed by atoms with Crippen molar-refractivity contribution in [3.63, 3.8) is 0 Å². The quantitative estimate of drug-likeness (QED) is 0.370. The molecule has 27 heavy (non-hydrogen) atoms. The molecular weight excluding hydrogens is 414 g/mol. The molecule has 3 rings (SSSR count). The number of hydrazone groups is 1. The summed E-state index contributed by atoms with van der Waals surface area (Å²) in [5, 5.41) is 18.9. The van der Waals surface area contributed by atoms with E-state index < -0.39 is 10.8 Å². The number of benzene rings is 2. The van der Waals surface area contributed by atoms with E-state index in [4.69, 9.17) is 0 Å². The van der Waals surface area contributed by atoms with Gasteiger partial charge in [0.1, 0.15) is 0 Å². The number of nitrogens with one attached hydrogen (secondary N) is 1. The van der Waals surface area contributed by atoms with Gasteiger partial charge in [0, 0.05) is 18.3 Å². The molecule has 136 valence electrons. The molecule has 3 aromatic rings. The van der Waals surface area contributed by atoms with Crippen LogP contribution < -0.4 is 5.43 Å². The number of nitro benzene ring substituents is 1. The maximum absolute atomic E-state index is 12.2. The van der Waals surface area contributed by atoms with E-state index in [9.17, 15) is 14.9 Å². The highest BCUT2D eigenvalue weighted by Gasteiger charge is 2.15. The first-order valence-corrected chi connectivity index (χ1v) is 8.67. The van der Waals surface area contributed by atoms with E-state index in [1.807, 2.05) is 30.3 Å². The lowest BCUT2D eigenvalue weighted by molar-refractivity contribution is -0.384. The molecule has 9 heteroatoms. The van der Waals surface area contributed by atoms with E-state index >= 15 is 0 Å². The number of aromatic nitrogens is 2. The molecule has 0 bridgehead atoms. The van der Waals surface area contributed by atoms with Gasteiger partial charge in [0.05, 0.1) is 22.2 Å². The van der Waals surface area contributed by atoms with Crippen LogP contribution in [0, 0.1) is 10.1 Å². The summed E-state index contributed by atoms with van der Waals surface area (Å²) in [6.45, 7) is 0.372. The van der Waals surface area contributed by atoms with Gasteiger partial charge in [-0.05, 0) is 27.1 Å². The Bertz CT molecular complexity index is 984. The lowest BCUT2D eigenvalue weighted by Gasteiger charge is -2.01. The topological polar surface area (TPSA) is 102 Å². The Morgan fingerprint density at radius 2 is 1.93 bits per heavy atom. The fraction of sp³-hybridized carbons (Fsp3) is 0.0556. The van der Waals surface area contributed by atoms with Crippen molar-refractivity contribution in [1.29, 1.82) is 0 Å². The van der Waals surface area contributed by atoms with Crippen molar-refractivity contribution >= 4 is 33.7 Å². The first-order chi connectivity index (χ1) is 13.0. The van der Waals surface area contributed by atoms with E-state index in [1.54, 1.807) is 29.2 Å². The Morgan fingerprint density at radius 1 is 1.22 bits per heavy atom. The SMILES string of the molecule is O=C(N/N=C\c1ccccc1)c1nn(Cc2ccc([N+](=O)[O-])cc2)cc1Br. The Morgan fingerprint density at radius 3 is 2.59 bits per heavy atom. The van der Waals surface area contributed by atoms with Crippen molar-refractivity contribution in [2.45, 2.75) is 6.54 Å². The molecule has 1 aromatic heterocycles. The molecule has 0 atom stereocenters. The van der Waals surface area contributed by atoms with Gasteiger partial charge in [-0.1, -0.05) is 42.5 Å². The van der Waals surface area contributed by atoms with Crippen LogP contribution in [-0.4, -0.2) is 26.8 Å². The molecule has 1 N–H and O–H groups in total. The molecule has 0 spiro atoms. The predicted molar refractivity (Wildman–Crippen MR) is 104 cm³/mol. The van der Waals surface area contributed by atoms with E-state index in [1.165, 1.54) is 12.1 Å².